The lowest BCUT2D eigenvalue weighted by Gasteiger charge is -1.86. The summed E-state index contributed by atoms with van der Waals surface area (Å²) >= 11 is 1.41. The Morgan fingerprint density at radius 3 is 2.83 bits per heavy atom. The predicted molar refractivity (Wildman–Crippen MR) is 45.9 cm³/mol. The number of nitrogens with zero attached hydrogens (tertiary/aromatic N) is 3. The van der Waals surface area contributed by atoms with E-state index in [1.54, 1.807) is 17.9 Å². The lowest BCUT2D eigenvalue weighted by Crippen LogP contribution is -2.02. The van der Waals surface area contributed by atoms with Crippen LogP contribution in [0.1, 0.15) is 0 Å². The number of pyridine rings is 1. The third-order valence-corrected chi connectivity index (χ3v) is 1.79. The molecule has 0 aliphatic heterocycles. The standard InChI is InChI=1S/C7H6N4S/c1-3-8-4-2-6(1)10-7-9-5-12-11-7/h1-5H,(H,8,10,11). The van der Waals surface area contributed by atoms with Crippen LogP contribution in [0.2, 0.25) is 0 Å². The molecule has 0 aromatic carbocycles. The first kappa shape index (κ1) is 7.17. The van der Waals surface area contributed by atoms with E-state index in [0.717, 1.165) is 5.69 Å². The van der Waals surface area contributed by atoms with Crippen molar-refractivity contribution >= 4 is 17.2 Å². The molecule has 0 radical (unpaired) electrons. The summed E-state index contributed by atoms with van der Waals surface area (Å²) in [6, 6.07) is 3.65. The van der Waals surface area contributed by atoms with E-state index in [1.165, 1.54) is 11.5 Å². The van der Waals surface area contributed by atoms with Gasteiger partial charge < -0.3 is 0 Å². The van der Waals surface area contributed by atoms with Crippen LogP contribution < -0.4 is 5.62 Å². The monoisotopic (exact) mass is 178 g/mol. The van der Waals surface area contributed by atoms with Gasteiger partial charge in [0.1, 0.15) is 5.51 Å². The summed E-state index contributed by atoms with van der Waals surface area (Å²) in [5.41, 5.74) is 3.19. The first-order valence-electron chi connectivity index (χ1n) is 3.38. The second kappa shape index (κ2) is 3.27. The van der Waals surface area contributed by atoms with Crippen molar-refractivity contribution in [2.45, 2.75) is 0 Å². The molecule has 0 unspecified atom stereocenters. The molecule has 0 saturated carbocycles. The number of aromatic amines is 1. The summed E-state index contributed by atoms with van der Waals surface area (Å²) in [6.45, 7) is 0. The van der Waals surface area contributed by atoms with Gasteiger partial charge in [0.05, 0.1) is 5.69 Å². The molecule has 12 heavy (non-hydrogen) atoms. The highest BCUT2D eigenvalue weighted by Crippen LogP contribution is 2.05. The van der Waals surface area contributed by atoms with Crippen molar-refractivity contribution in [3.05, 3.63) is 35.7 Å². The van der Waals surface area contributed by atoms with Gasteiger partial charge in [-0.1, -0.05) is 0 Å². The molecule has 0 spiro atoms. The number of nitrogens with one attached hydrogen (secondary N) is 1. The predicted octanol–water partition coefficient (Wildman–Crippen LogP) is 1.10. The highest BCUT2D eigenvalue weighted by molar-refractivity contribution is 7.03. The number of hydrogen-bond donors (Lipinski definition) is 1. The summed E-state index contributed by atoms with van der Waals surface area (Å²) in [5, 5.41) is 0. The second-order valence-corrected chi connectivity index (χ2v) is 2.75. The Morgan fingerprint density at radius 2 is 2.17 bits per heavy atom. The van der Waals surface area contributed by atoms with Crippen LogP contribution in [0.15, 0.2) is 35.0 Å². The fourth-order valence-electron chi connectivity index (χ4n) is 0.774. The van der Waals surface area contributed by atoms with Gasteiger partial charge in [0, 0.05) is 12.4 Å². The van der Waals surface area contributed by atoms with E-state index in [9.17, 15) is 0 Å². The minimum absolute atomic E-state index is 0.631. The van der Waals surface area contributed by atoms with Crippen LogP contribution in [-0.2, 0) is 0 Å². The van der Waals surface area contributed by atoms with Crippen molar-refractivity contribution in [3.63, 3.8) is 0 Å². The van der Waals surface area contributed by atoms with E-state index in [4.69, 9.17) is 0 Å². The summed E-state index contributed by atoms with van der Waals surface area (Å²) < 4.78 is 2.93. The highest BCUT2D eigenvalue weighted by atomic mass is 32.1. The fourth-order valence-corrected chi connectivity index (χ4v) is 1.18. The van der Waals surface area contributed by atoms with Gasteiger partial charge in [0.15, 0.2) is 0 Å². The van der Waals surface area contributed by atoms with Crippen molar-refractivity contribution in [2.24, 2.45) is 4.99 Å². The fraction of sp³-hybridized carbons (Fsp3) is 0. The average molecular weight is 178 g/mol. The minimum Gasteiger partial charge on any atom is -0.278 e. The molecule has 0 fully saturated rings. The number of rotatable bonds is 1. The molecule has 4 nitrogen and oxygen atoms in total. The molecule has 0 saturated heterocycles. The molecule has 0 aliphatic carbocycles. The molecule has 5 heteroatoms. The lowest BCUT2D eigenvalue weighted by atomic mass is 10.4. The Labute approximate surface area is 72.8 Å². The third-order valence-electron chi connectivity index (χ3n) is 1.28. The molecule has 2 aromatic rings. The molecule has 2 rings (SSSR count). The average Bonchev–Trinajstić information content (AvgIpc) is 2.59. The third kappa shape index (κ3) is 1.57. The summed E-state index contributed by atoms with van der Waals surface area (Å²) in [7, 11) is 0. The molecule has 2 aromatic heterocycles. The van der Waals surface area contributed by atoms with Crippen LogP contribution in [-0.4, -0.2) is 14.3 Å². The first-order chi connectivity index (χ1) is 5.95. The zero-order valence-electron chi connectivity index (χ0n) is 6.14. The normalized spacial score (nSPS) is 11.8. The quantitative estimate of drug-likeness (QED) is 0.710. The van der Waals surface area contributed by atoms with Crippen LogP contribution in [0.5, 0.6) is 0 Å². The molecule has 0 amide bonds. The number of hydrogen-bond acceptors (Lipinski definition) is 4. The Bertz CT molecular complexity index is 386. The van der Waals surface area contributed by atoms with E-state index in [2.05, 4.69) is 19.3 Å². The first-order valence-corrected chi connectivity index (χ1v) is 4.26. The molecule has 0 atom stereocenters. The summed E-state index contributed by atoms with van der Waals surface area (Å²) in [6.07, 6.45) is 3.40. The molecule has 60 valence electrons. The Kier molecular flexibility index (Phi) is 1.96. The topological polar surface area (TPSA) is 53.9 Å². The van der Waals surface area contributed by atoms with Crippen LogP contribution >= 0.6 is 11.5 Å². The Morgan fingerprint density at radius 1 is 1.33 bits per heavy atom. The van der Waals surface area contributed by atoms with Gasteiger partial charge in [-0.25, -0.2) is 9.98 Å². The van der Waals surface area contributed by atoms with E-state index < -0.39 is 0 Å². The Hall–Kier alpha value is -1.49. The zero-order valence-corrected chi connectivity index (χ0v) is 6.95. The number of H-pyrrole nitrogens is 1. The van der Waals surface area contributed by atoms with Gasteiger partial charge in [-0.05, 0) is 23.7 Å². The number of aromatic nitrogens is 3. The molecular formula is C7H6N4S. The minimum atomic E-state index is 0.631. The second-order valence-electron chi connectivity index (χ2n) is 2.10. The van der Waals surface area contributed by atoms with Gasteiger partial charge in [0.25, 0.3) is 0 Å². The van der Waals surface area contributed by atoms with E-state index >= 15 is 0 Å². The van der Waals surface area contributed by atoms with Gasteiger partial charge in [-0.2, -0.15) is 0 Å². The molecule has 2 heterocycles. The van der Waals surface area contributed by atoms with Crippen LogP contribution in [0.25, 0.3) is 0 Å². The largest absolute Gasteiger partial charge is 0.278 e. The maximum atomic E-state index is 4.20. The van der Waals surface area contributed by atoms with Crippen LogP contribution in [0, 0.1) is 0 Å². The summed E-state index contributed by atoms with van der Waals surface area (Å²) in [4.78, 5) is 12.1. The van der Waals surface area contributed by atoms with Gasteiger partial charge in [0.2, 0.25) is 5.62 Å². The lowest BCUT2D eigenvalue weighted by molar-refractivity contribution is 1.10. The van der Waals surface area contributed by atoms with Crippen molar-refractivity contribution in [3.8, 4) is 0 Å². The Balaban J connectivity index is 2.42. The highest BCUT2D eigenvalue weighted by Gasteiger charge is 1.86. The maximum absolute atomic E-state index is 4.20. The SMILES string of the molecule is c1cc(N=c2ncs[nH]2)ccn1. The van der Waals surface area contributed by atoms with Crippen LogP contribution in [0.4, 0.5) is 5.69 Å². The van der Waals surface area contributed by atoms with Crippen molar-refractivity contribution < 1.29 is 0 Å². The van der Waals surface area contributed by atoms with Crippen molar-refractivity contribution in [1.82, 2.24) is 14.3 Å². The van der Waals surface area contributed by atoms with Crippen LogP contribution in [0.3, 0.4) is 0 Å². The van der Waals surface area contributed by atoms with Gasteiger partial charge >= 0.3 is 0 Å². The molecular weight excluding hydrogens is 172 g/mol. The summed E-state index contributed by atoms with van der Waals surface area (Å²) in [5.74, 6) is 0. The molecule has 0 aliphatic rings. The van der Waals surface area contributed by atoms with Gasteiger partial charge in [-0.15, -0.1) is 0 Å². The van der Waals surface area contributed by atoms with E-state index in [1.807, 2.05) is 12.1 Å². The van der Waals surface area contributed by atoms with E-state index in [0.29, 0.717) is 5.62 Å². The molecule has 1 N–H and O–H groups in total. The molecule has 0 bridgehead atoms. The zero-order chi connectivity index (χ0) is 8.23. The maximum Gasteiger partial charge on any atom is 0.237 e. The van der Waals surface area contributed by atoms with E-state index in [-0.39, 0.29) is 0 Å². The smallest absolute Gasteiger partial charge is 0.237 e. The van der Waals surface area contributed by atoms with Crippen molar-refractivity contribution in [1.29, 1.82) is 0 Å². The van der Waals surface area contributed by atoms with Gasteiger partial charge in [-0.3, -0.25) is 9.36 Å². The van der Waals surface area contributed by atoms with Crippen molar-refractivity contribution in [2.75, 3.05) is 0 Å².